The van der Waals surface area contributed by atoms with Crippen molar-refractivity contribution in [3.63, 3.8) is 0 Å². The molecule has 2 aromatic rings. The van der Waals surface area contributed by atoms with Gasteiger partial charge < -0.3 is 20.1 Å². The predicted octanol–water partition coefficient (Wildman–Crippen LogP) is 5.17. The average molecular weight is 532 g/mol. The largest absolute Gasteiger partial charge is 0.493 e. The number of methoxy groups -OCH3 is 1. The van der Waals surface area contributed by atoms with Crippen molar-refractivity contribution >= 4 is 11.8 Å². The number of urea groups is 1. The van der Waals surface area contributed by atoms with E-state index in [1.54, 1.807) is 13.2 Å². The minimum absolute atomic E-state index is 0.0388. The van der Waals surface area contributed by atoms with Crippen LogP contribution in [0.3, 0.4) is 0 Å². The number of aromatic nitrogens is 3. The lowest BCUT2D eigenvalue weighted by Crippen LogP contribution is -2.48. The first-order chi connectivity index (χ1) is 18.6. The van der Waals surface area contributed by atoms with Crippen LogP contribution >= 0.6 is 0 Å². The van der Waals surface area contributed by atoms with Crippen LogP contribution in [0.2, 0.25) is 0 Å². The Morgan fingerprint density at radius 1 is 1.23 bits per heavy atom. The van der Waals surface area contributed by atoms with Gasteiger partial charge in [-0.15, -0.1) is 5.10 Å². The van der Waals surface area contributed by atoms with Crippen LogP contribution in [0, 0.1) is 11.3 Å². The summed E-state index contributed by atoms with van der Waals surface area (Å²) in [5.74, 6) is 1.67. The molecule has 0 spiro atoms. The number of ether oxygens (including phenoxy) is 2. The van der Waals surface area contributed by atoms with Crippen molar-refractivity contribution in [2.24, 2.45) is 11.3 Å². The molecule has 0 radical (unpaired) electrons. The average Bonchev–Trinajstić information content (AvgIpc) is 3.33. The highest BCUT2D eigenvalue weighted by Gasteiger charge is 2.40. The molecule has 2 amide bonds. The van der Waals surface area contributed by atoms with Crippen molar-refractivity contribution in [2.45, 2.75) is 72.1 Å². The van der Waals surface area contributed by atoms with Crippen molar-refractivity contribution in [3.05, 3.63) is 70.7 Å². The van der Waals surface area contributed by atoms with Gasteiger partial charge in [-0.05, 0) is 61.6 Å². The highest BCUT2D eigenvalue weighted by molar-refractivity contribution is 6.01. The van der Waals surface area contributed by atoms with E-state index in [0.717, 1.165) is 24.8 Å². The van der Waals surface area contributed by atoms with E-state index in [1.165, 1.54) is 11.1 Å². The standard InChI is InChI=1S/C30H37N5O4/c1-18(2)20-8-6-19(7-9-20)15-35-16-22(33-34-35)17-39-26-12-21(10-11-25(26)38-5)28-27-23(31-29(37)32-28)13-30(3,4)14-24(27)36/h6,10-12,16,20,28H,1,7-9,13-15,17H2,2-5H3,(H2,31,32,37)/t20-,28?/m1/s1. The summed E-state index contributed by atoms with van der Waals surface area (Å²) >= 11 is 0. The van der Waals surface area contributed by atoms with E-state index in [1.807, 2.05) is 36.9 Å². The Bertz CT molecular complexity index is 1370. The van der Waals surface area contributed by atoms with Gasteiger partial charge in [0, 0.05) is 17.7 Å². The third kappa shape index (κ3) is 5.92. The van der Waals surface area contributed by atoms with E-state index >= 15 is 0 Å². The Kier molecular flexibility index (Phi) is 7.34. The molecule has 1 aromatic carbocycles. The molecule has 206 valence electrons. The fourth-order valence-electron chi connectivity index (χ4n) is 5.71. The third-order valence-electron chi connectivity index (χ3n) is 7.80. The summed E-state index contributed by atoms with van der Waals surface area (Å²) in [6, 6.07) is 4.59. The highest BCUT2D eigenvalue weighted by atomic mass is 16.5. The molecular formula is C30H37N5O4. The first-order valence-electron chi connectivity index (χ1n) is 13.5. The fraction of sp³-hybridized carbons (Fsp3) is 0.467. The van der Waals surface area contributed by atoms with Crippen LogP contribution in [0.4, 0.5) is 4.79 Å². The second kappa shape index (κ2) is 10.7. The molecule has 0 bridgehead atoms. The summed E-state index contributed by atoms with van der Waals surface area (Å²) in [4.78, 5) is 25.6. The van der Waals surface area contributed by atoms with Gasteiger partial charge >= 0.3 is 6.03 Å². The van der Waals surface area contributed by atoms with Gasteiger partial charge in [0.15, 0.2) is 17.3 Å². The van der Waals surface area contributed by atoms with E-state index in [-0.39, 0.29) is 23.8 Å². The number of nitrogens with zero attached hydrogens (tertiary/aromatic N) is 3. The number of Topliss-reactive ketones (excluding diaryl/α,β-unsaturated/α-hetero) is 1. The van der Waals surface area contributed by atoms with Crippen LogP contribution in [-0.4, -0.2) is 33.9 Å². The van der Waals surface area contributed by atoms with Crippen molar-refractivity contribution in [1.29, 1.82) is 0 Å². The van der Waals surface area contributed by atoms with Crippen molar-refractivity contribution < 1.29 is 19.1 Å². The van der Waals surface area contributed by atoms with E-state index in [2.05, 4.69) is 40.5 Å². The Morgan fingerprint density at radius 3 is 2.77 bits per heavy atom. The summed E-state index contributed by atoms with van der Waals surface area (Å²) in [6.45, 7) is 11.2. The number of carbonyl (C=O) groups is 2. The molecule has 2 aliphatic carbocycles. The molecule has 9 heteroatoms. The molecule has 5 rings (SSSR count). The normalized spacial score (nSPS) is 22.4. The summed E-state index contributed by atoms with van der Waals surface area (Å²) in [5, 5.41) is 14.3. The molecule has 1 aromatic heterocycles. The first kappa shape index (κ1) is 26.7. The minimum Gasteiger partial charge on any atom is -0.493 e. The topological polar surface area (TPSA) is 107 Å². The number of benzene rings is 1. The van der Waals surface area contributed by atoms with Crippen molar-refractivity contribution in [2.75, 3.05) is 7.11 Å². The number of hydrogen-bond acceptors (Lipinski definition) is 6. The second-order valence-electron chi connectivity index (χ2n) is 11.7. The molecule has 0 fully saturated rings. The Morgan fingerprint density at radius 2 is 2.05 bits per heavy atom. The number of rotatable bonds is 8. The zero-order valence-corrected chi connectivity index (χ0v) is 23.2. The molecule has 2 heterocycles. The molecule has 39 heavy (non-hydrogen) atoms. The van der Waals surface area contributed by atoms with Crippen LogP contribution in [0.15, 0.2) is 59.5 Å². The summed E-state index contributed by atoms with van der Waals surface area (Å²) in [6.07, 6.45) is 8.47. The van der Waals surface area contributed by atoms with Gasteiger partial charge in [-0.1, -0.05) is 48.9 Å². The van der Waals surface area contributed by atoms with Gasteiger partial charge in [-0.3, -0.25) is 4.79 Å². The summed E-state index contributed by atoms with van der Waals surface area (Å²) in [7, 11) is 1.58. The maximum atomic E-state index is 13.1. The monoisotopic (exact) mass is 531 g/mol. The molecule has 1 aliphatic heterocycles. The maximum absolute atomic E-state index is 13.1. The minimum atomic E-state index is -0.556. The fourth-order valence-corrected chi connectivity index (χ4v) is 5.71. The SMILES string of the molecule is C=C(C)[C@@H]1CC=C(Cn2cc(COc3cc(C4NC(=O)NC5=C4C(=O)CC(C)(C)C5)ccc3OC)nn2)CC1. The molecule has 9 nitrogen and oxygen atoms in total. The predicted molar refractivity (Wildman–Crippen MR) is 147 cm³/mol. The lowest BCUT2D eigenvalue weighted by Gasteiger charge is -2.38. The number of nitrogens with one attached hydrogen (secondary N) is 2. The molecule has 0 saturated carbocycles. The summed E-state index contributed by atoms with van der Waals surface area (Å²) in [5.41, 5.74) is 5.17. The van der Waals surface area contributed by atoms with E-state index in [0.29, 0.717) is 53.8 Å². The second-order valence-corrected chi connectivity index (χ2v) is 11.7. The van der Waals surface area contributed by atoms with Gasteiger partial charge in [-0.2, -0.15) is 0 Å². The van der Waals surface area contributed by atoms with Crippen molar-refractivity contribution in [1.82, 2.24) is 25.6 Å². The van der Waals surface area contributed by atoms with E-state index < -0.39 is 6.04 Å². The lowest BCUT2D eigenvalue weighted by atomic mass is 9.73. The van der Waals surface area contributed by atoms with Gasteiger partial charge in [0.1, 0.15) is 12.3 Å². The number of carbonyl (C=O) groups excluding carboxylic acids is 2. The highest BCUT2D eigenvalue weighted by Crippen LogP contribution is 2.42. The van der Waals surface area contributed by atoms with Crippen LogP contribution in [0.5, 0.6) is 11.5 Å². The summed E-state index contributed by atoms with van der Waals surface area (Å²) < 4.78 is 13.5. The number of amides is 2. The Hall–Kier alpha value is -3.88. The molecular weight excluding hydrogens is 494 g/mol. The van der Waals surface area contributed by atoms with Crippen LogP contribution in [0.1, 0.15) is 70.2 Å². The van der Waals surface area contributed by atoms with E-state index in [9.17, 15) is 9.59 Å². The zero-order valence-electron chi connectivity index (χ0n) is 23.2. The van der Waals surface area contributed by atoms with Crippen LogP contribution in [0.25, 0.3) is 0 Å². The molecule has 1 unspecified atom stereocenters. The number of ketones is 1. The quantitative estimate of drug-likeness (QED) is 0.456. The van der Waals surface area contributed by atoms with Gasteiger partial charge in [0.25, 0.3) is 0 Å². The molecule has 0 saturated heterocycles. The Balaban J connectivity index is 1.30. The first-order valence-corrected chi connectivity index (χ1v) is 13.5. The lowest BCUT2D eigenvalue weighted by molar-refractivity contribution is -0.118. The van der Waals surface area contributed by atoms with Gasteiger partial charge in [0.2, 0.25) is 0 Å². The van der Waals surface area contributed by atoms with Gasteiger partial charge in [0.05, 0.1) is 25.9 Å². The Labute approximate surface area is 229 Å². The number of hydrogen-bond donors (Lipinski definition) is 2. The van der Waals surface area contributed by atoms with Crippen molar-refractivity contribution in [3.8, 4) is 11.5 Å². The third-order valence-corrected chi connectivity index (χ3v) is 7.80. The molecule has 3 aliphatic rings. The number of allylic oxidation sites excluding steroid dienone is 4. The van der Waals surface area contributed by atoms with Crippen LogP contribution in [-0.2, 0) is 17.9 Å². The molecule has 2 atom stereocenters. The maximum Gasteiger partial charge on any atom is 0.319 e. The molecule has 2 N–H and O–H groups in total. The van der Waals surface area contributed by atoms with Gasteiger partial charge in [-0.25, -0.2) is 9.48 Å². The smallest absolute Gasteiger partial charge is 0.319 e. The van der Waals surface area contributed by atoms with E-state index in [4.69, 9.17) is 9.47 Å². The zero-order chi connectivity index (χ0) is 27.7. The van der Waals surface area contributed by atoms with Crippen LogP contribution < -0.4 is 20.1 Å².